The molecular formula is C23H25ClN6O4. The maximum atomic E-state index is 11.9. The lowest BCUT2D eigenvalue weighted by Gasteiger charge is -2.25. The number of hydrogen-bond acceptors (Lipinski definition) is 8. The summed E-state index contributed by atoms with van der Waals surface area (Å²) in [5.41, 5.74) is 1.29. The van der Waals surface area contributed by atoms with Crippen molar-refractivity contribution < 1.29 is 19.0 Å². The Kier molecular flexibility index (Phi) is 6.69. The molecule has 0 aliphatic heterocycles. The minimum Gasteiger partial charge on any atom is -0.493 e. The first-order valence-electron chi connectivity index (χ1n) is 10.7. The van der Waals surface area contributed by atoms with E-state index in [9.17, 15) is 4.79 Å². The molecule has 4 aromatic rings. The van der Waals surface area contributed by atoms with Crippen LogP contribution in [0.2, 0.25) is 5.02 Å². The molecule has 0 spiro atoms. The number of carbonyl (C=O) groups is 1. The number of carbonyl (C=O) groups excluding carboxylic acids is 1. The van der Waals surface area contributed by atoms with Crippen molar-refractivity contribution in [2.24, 2.45) is 5.41 Å². The van der Waals surface area contributed by atoms with Gasteiger partial charge in [-0.15, -0.1) is 0 Å². The van der Waals surface area contributed by atoms with E-state index in [-0.39, 0.29) is 18.0 Å². The van der Waals surface area contributed by atoms with Crippen LogP contribution in [-0.4, -0.2) is 55.8 Å². The molecule has 4 rings (SSSR count). The number of aromatic nitrogens is 6. The standard InChI is InChI=1S/C23H25ClN6O4/c1-5-33-21(31)15-10-25-29(12-15)22-27-18-11-26-30(19(18)20(28-22)32-4)13-23(2,3)14-34-17-8-6-16(24)7-9-17/h6-12H,5,13-14H2,1-4H3. The minimum atomic E-state index is -0.460. The first-order chi connectivity index (χ1) is 16.3. The van der Waals surface area contributed by atoms with E-state index in [0.29, 0.717) is 40.7 Å². The highest BCUT2D eigenvalue weighted by molar-refractivity contribution is 6.30. The average Bonchev–Trinajstić information content (AvgIpc) is 3.46. The molecule has 0 aliphatic carbocycles. The largest absolute Gasteiger partial charge is 0.493 e. The first-order valence-corrected chi connectivity index (χ1v) is 11.1. The van der Waals surface area contributed by atoms with Gasteiger partial charge in [-0.05, 0) is 31.2 Å². The third kappa shape index (κ3) is 5.12. The topological polar surface area (TPSA) is 106 Å². The first kappa shape index (κ1) is 23.5. The second-order valence-corrected chi connectivity index (χ2v) is 8.81. The summed E-state index contributed by atoms with van der Waals surface area (Å²) >= 11 is 5.94. The molecule has 3 aromatic heterocycles. The van der Waals surface area contributed by atoms with Gasteiger partial charge in [0.2, 0.25) is 5.88 Å². The highest BCUT2D eigenvalue weighted by Gasteiger charge is 2.24. The maximum absolute atomic E-state index is 11.9. The highest BCUT2D eigenvalue weighted by atomic mass is 35.5. The number of esters is 1. The lowest BCUT2D eigenvalue weighted by molar-refractivity contribution is 0.0526. The number of methoxy groups -OCH3 is 1. The lowest BCUT2D eigenvalue weighted by atomic mass is 9.95. The van der Waals surface area contributed by atoms with E-state index in [0.717, 1.165) is 5.75 Å². The summed E-state index contributed by atoms with van der Waals surface area (Å²) in [5, 5.41) is 9.35. The van der Waals surface area contributed by atoms with Gasteiger partial charge < -0.3 is 14.2 Å². The van der Waals surface area contributed by atoms with Gasteiger partial charge in [0.1, 0.15) is 16.8 Å². The number of benzene rings is 1. The minimum absolute atomic E-state index is 0.254. The van der Waals surface area contributed by atoms with E-state index in [4.69, 9.17) is 25.8 Å². The summed E-state index contributed by atoms with van der Waals surface area (Å²) in [6, 6.07) is 7.26. The van der Waals surface area contributed by atoms with Crippen LogP contribution in [-0.2, 0) is 11.3 Å². The van der Waals surface area contributed by atoms with Gasteiger partial charge in [0, 0.05) is 16.6 Å². The number of hydrogen-bond donors (Lipinski definition) is 0. The Bertz CT molecular complexity index is 1300. The van der Waals surface area contributed by atoms with Crippen LogP contribution < -0.4 is 9.47 Å². The zero-order valence-corrected chi connectivity index (χ0v) is 20.1. The third-order valence-corrected chi connectivity index (χ3v) is 5.21. The molecule has 10 nitrogen and oxygen atoms in total. The van der Waals surface area contributed by atoms with Crippen molar-refractivity contribution in [2.45, 2.75) is 27.3 Å². The molecule has 0 N–H and O–H groups in total. The average molecular weight is 485 g/mol. The Balaban J connectivity index is 1.56. The lowest BCUT2D eigenvalue weighted by Crippen LogP contribution is -2.27. The normalized spacial score (nSPS) is 11.6. The molecule has 0 amide bonds. The van der Waals surface area contributed by atoms with Crippen LogP contribution in [0.3, 0.4) is 0 Å². The summed E-state index contributed by atoms with van der Waals surface area (Å²) in [4.78, 5) is 21.0. The fourth-order valence-electron chi connectivity index (χ4n) is 3.33. The second kappa shape index (κ2) is 9.68. The fraction of sp³-hybridized carbons (Fsp3) is 0.348. The molecule has 0 bridgehead atoms. The summed E-state index contributed by atoms with van der Waals surface area (Å²) < 4.78 is 19.7. The molecule has 0 saturated carbocycles. The van der Waals surface area contributed by atoms with Crippen molar-refractivity contribution in [3.05, 3.63) is 53.4 Å². The smallest absolute Gasteiger partial charge is 0.341 e. The molecule has 0 unspecified atom stereocenters. The Morgan fingerprint density at radius 3 is 2.59 bits per heavy atom. The molecule has 0 radical (unpaired) electrons. The van der Waals surface area contributed by atoms with E-state index < -0.39 is 5.97 Å². The SMILES string of the molecule is CCOC(=O)c1cnn(-c2nc(OC)c3c(cnn3CC(C)(C)COc3ccc(Cl)cc3)n2)c1. The van der Waals surface area contributed by atoms with Gasteiger partial charge >= 0.3 is 5.97 Å². The van der Waals surface area contributed by atoms with Gasteiger partial charge in [0.15, 0.2) is 0 Å². The van der Waals surface area contributed by atoms with E-state index in [1.54, 1.807) is 29.9 Å². The molecule has 3 heterocycles. The molecule has 11 heteroatoms. The number of fused-ring (bicyclic) bond motifs is 1. The van der Waals surface area contributed by atoms with E-state index in [2.05, 4.69) is 34.0 Å². The number of halogens is 1. The van der Waals surface area contributed by atoms with Crippen molar-refractivity contribution in [1.29, 1.82) is 0 Å². The van der Waals surface area contributed by atoms with Gasteiger partial charge in [-0.1, -0.05) is 25.4 Å². The van der Waals surface area contributed by atoms with Gasteiger partial charge in [-0.2, -0.15) is 15.2 Å². The number of ether oxygens (including phenoxy) is 3. The molecule has 34 heavy (non-hydrogen) atoms. The summed E-state index contributed by atoms with van der Waals surface area (Å²) in [6.45, 7) is 7.18. The zero-order valence-electron chi connectivity index (χ0n) is 19.4. The van der Waals surface area contributed by atoms with Crippen LogP contribution in [0, 0.1) is 5.41 Å². The number of nitrogens with zero attached hydrogens (tertiary/aromatic N) is 6. The summed E-state index contributed by atoms with van der Waals surface area (Å²) in [5.74, 6) is 0.886. The summed E-state index contributed by atoms with van der Waals surface area (Å²) in [6.07, 6.45) is 4.57. The molecule has 178 valence electrons. The van der Waals surface area contributed by atoms with Gasteiger partial charge in [0.05, 0.1) is 44.8 Å². The van der Waals surface area contributed by atoms with E-state index in [1.165, 1.54) is 24.2 Å². The predicted molar refractivity (Wildman–Crippen MR) is 126 cm³/mol. The van der Waals surface area contributed by atoms with Crippen LogP contribution in [0.4, 0.5) is 0 Å². The highest BCUT2D eigenvalue weighted by Crippen LogP contribution is 2.28. The maximum Gasteiger partial charge on any atom is 0.341 e. The van der Waals surface area contributed by atoms with Crippen LogP contribution >= 0.6 is 11.6 Å². The number of rotatable bonds is 9. The van der Waals surface area contributed by atoms with Crippen molar-refractivity contribution in [1.82, 2.24) is 29.5 Å². The Labute approximate surface area is 201 Å². The van der Waals surface area contributed by atoms with E-state index >= 15 is 0 Å². The Morgan fingerprint density at radius 1 is 1.12 bits per heavy atom. The van der Waals surface area contributed by atoms with Gasteiger partial charge in [-0.3, -0.25) is 4.68 Å². The van der Waals surface area contributed by atoms with Gasteiger partial charge in [0.25, 0.3) is 5.95 Å². The van der Waals surface area contributed by atoms with Crippen molar-refractivity contribution in [3.63, 3.8) is 0 Å². The van der Waals surface area contributed by atoms with Gasteiger partial charge in [-0.25, -0.2) is 14.5 Å². The monoisotopic (exact) mass is 484 g/mol. The van der Waals surface area contributed by atoms with E-state index in [1.807, 2.05) is 12.1 Å². The van der Waals surface area contributed by atoms with Crippen molar-refractivity contribution >= 4 is 28.6 Å². The van der Waals surface area contributed by atoms with Crippen LogP contribution in [0.25, 0.3) is 17.0 Å². The van der Waals surface area contributed by atoms with Crippen LogP contribution in [0.15, 0.2) is 42.9 Å². The molecule has 0 aliphatic rings. The predicted octanol–water partition coefficient (Wildman–Crippen LogP) is 3.96. The fourth-order valence-corrected chi connectivity index (χ4v) is 3.46. The van der Waals surface area contributed by atoms with Crippen LogP contribution in [0.1, 0.15) is 31.1 Å². The third-order valence-electron chi connectivity index (χ3n) is 4.96. The quantitative estimate of drug-likeness (QED) is 0.329. The molecule has 1 aromatic carbocycles. The van der Waals surface area contributed by atoms with Crippen LogP contribution in [0.5, 0.6) is 11.6 Å². The molecule has 0 atom stereocenters. The summed E-state index contributed by atoms with van der Waals surface area (Å²) in [7, 11) is 1.53. The zero-order chi connectivity index (χ0) is 24.3. The molecular weight excluding hydrogens is 460 g/mol. The second-order valence-electron chi connectivity index (χ2n) is 8.37. The Hall–Kier alpha value is -3.66. The Morgan fingerprint density at radius 2 is 1.88 bits per heavy atom. The van der Waals surface area contributed by atoms with Crippen molar-refractivity contribution in [3.8, 4) is 17.6 Å². The molecule has 0 saturated heterocycles. The van der Waals surface area contributed by atoms with Crippen molar-refractivity contribution in [2.75, 3.05) is 20.3 Å². The molecule has 0 fully saturated rings.